The molecule has 1 aromatic rings. The first-order valence-electron chi connectivity index (χ1n) is 5.02. The summed E-state index contributed by atoms with van der Waals surface area (Å²) in [7, 11) is 0. The second kappa shape index (κ2) is 7.84. The lowest BCUT2D eigenvalue weighted by Crippen LogP contribution is -2.00. The van der Waals surface area contributed by atoms with Crippen LogP contribution in [0, 0.1) is 12.3 Å². The standard InChI is InChI=1S/C11H10O2S.C2H6/c1-3-8-4-9(7-11(12)13)6-10(5-8)14-2;1-2/h1,4-6H,7H2,2H3,(H,12,13);1-2H3. The first-order chi connectivity index (χ1) is 7.65. The zero-order valence-electron chi connectivity index (χ0n) is 9.78. The normalized spacial score (nSPS) is 8.62. The summed E-state index contributed by atoms with van der Waals surface area (Å²) in [5, 5.41) is 8.64. The van der Waals surface area contributed by atoms with Gasteiger partial charge in [0.25, 0.3) is 0 Å². The quantitative estimate of drug-likeness (QED) is 0.647. The van der Waals surface area contributed by atoms with Crippen LogP contribution in [0.3, 0.4) is 0 Å². The molecule has 1 aromatic carbocycles. The molecule has 2 nitrogen and oxygen atoms in total. The van der Waals surface area contributed by atoms with Gasteiger partial charge in [0.1, 0.15) is 0 Å². The number of thioether (sulfide) groups is 1. The fraction of sp³-hybridized carbons (Fsp3) is 0.308. The highest BCUT2D eigenvalue weighted by Gasteiger charge is 2.03. The third-order valence-corrected chi connectivity index (χ3v) is 2.43. The third kappa shape index (κ3) is 4.90. The molecule has 16 heavy (non-hydrogen) atoms. The Hall–Kier alpha value is -1.40. The van der Waals surface area contributed by atoms with E-state index in [0.717, 1.165) is 16.0 Å². The average Bonchev–Trinajstić information content (AvgIpc) is 2.30. The van der Waals surface area contributed by atoms with Gasteiger partial charge in [0.15, 0.2) is 0 Å². The summed E-state index contributed by atoms with van der Waals surface area (Å²) in [6, 6.07) is 5.45. The highest BCUT2D eigenvalue weighted by atomic mass is 32.2. The van der Waals surface area contributed by atoms with Gasteiger partial charge < -0.3 is 5.11 Å². The molecule has 0 heterocycles. The maximum Gasteiger partial charge on any atom is 0.307 e. The van der Waals surface area contributed by atoms with Crippen LogP contribution in [-0.4, -0.2) is 17.3 Å². The molecule has 86 valence electrons. The predicted molar refractivity (Wildman–Crippen MR) is 68.8 cm³/mol. The van der Waals surface area contributed by atoms with Gasteiger partial charge in [-0.05, 0) is 30.0 Å². The van der Waals surface area contributed by atoms with Gasteiger partial charge in [-0.15, -0.1) is 18.2 Å². The minimum absolute atomic E-state index is 0.0169. The lowest BCUT2D eigenvalue weighted by molar-refractivity contribution is -0.136. The molecule has 0 aliphatic heterocycles. The van der Waals surface area contributed by atoms with Crippen LogP contribution in [0.1, 0.15) is 25.0 Å². The zero-order valence-corrected chi connectivity index (χ0v) is 10.6. The average molecular weight is 236 g/mol. The molecule has 0 atom stereocenters. The zero-order chi connectivity index (χ0) is 12.6. The Labute approximate surface area is 101 Å². The lowest BCUT2D eigenvalue weighted by atomic mass is 10.1. The first-order valence-corrected chi connectivity index (χ1v) is 6.24. The van der Waals surface area contributed by atoms with Crippen LogP contribution in [0.2, 0.25) is 0 Å². The maximum atomic E-state index is 10.5. The number of aliphatic carboxylic acids is 1. The number of carbonyl (C=O) groups is 1. The Morgan fingerprint density at radius 2 is 2.06 bits per heavy atom. The highest BCUT2D eigenvalue weighted by Crippen LogP contribution is 2.19. The molecule has 0 aliphatic carbocycles. The second-order valence-electron chi connectivity index (χ2n) is 2.78. The molecule has 0 fully saturated rings. The number of rotatable bonds is 3. The van der Waals surface area contributed by atoms with Crippen molar-refractivity contribution in [2.45, 2.75) is 25.2 Å². The van der Waals surface area contributed by atoms with E-state index < -0.39 is 5.97 Å². The summed E-state index contributed by atoms with van der Waals surface area (Å²) in [4.78, 5) is 11.5. The topological polar surface area (TPSA) is 37.3 Å². The maximum absolute atomic E-state index is 10.5. The van der Waals surface area contributed by atoms with E-state index in [1.807, 2.05) is 32.2 Å². The van der Waals surface area contributed by atoms with Crippen LogP contribution in [0.25, 0.3) is 0 Å². The molecule has 0 saturated carbocycles. The molecule has 3 heteroatoms. The van der Waals surface area contributed by atoms with Gasteiger partial charge in [0.05, 0.1) is 6.42 Å². The summed E-state index contributed by atoms with van der Waals surface area (Å²) in [6.07, 6.45) is 7.21. The molecule has 0 radical (unpaired) electrons. The minimum Gasteiger partial charge on any atom is -0.481 e. The van der Waals surface area contributed by atoms with Gasteiger partial charge in [0, 0.05) is 10.5 Å². The molecule has 1 N–H and O–H groups in total. The van der Waals surface area contributed by atoms with E-state index in [0.29, 0.717) is 0 Å². The van der Waals surface area contributed by atoms with Crippen molar-refractivity contribution in [1.29, 1.82) is 0 Å². The molecule has 0 spiro atoms. The number of carboxylic acids is 1. The van der Waals surface area contributed by atoms with E-state index in [4.69, 9.17) is 11.5 Å². The predicted octanol–water partition coefficient (Wildman–Crippen LogP) is 3.04. The highest BCUT2D eigenvalue weighted by molar-refractivity contribution is 7.98. The third-order valence-electron chi connectivity index (χ3n) is 1.72. The lowest BCUT2D eigenvalue weighted by Gasteiger charge is -2.02. The minimum atomic E-state index is -0.841. The Morgan fingerprint density at radius 3 is 2.50 bits per heavy atom. The second-order valence-corrected chi connectivity index (χ2v) is 3.66. The van der Waals surface area contributed by atoms with E-state index in [1.54, 1.807) is 17.8 Å². The number of hydrogen-bond donors (Lipinski definition) is 1. The molecule has 0 aromatic heterocycles. The number of carboxylic acid groups (broad SMARTS) is 1. The van der Waals surface area contributed by atoms with Crippen molar-refractivity contribution in [2.24, 2.45) is 0 Å². The number of benzene rings is 1. The van der Waals surface area contributed by atoms with E-state index in [2.05, 4.69) is 5.92 Å². The first kappa shape index (κ1) is 14.6. The van der Waals surface area contributed by atoms with Gasteiger partial charge in [-0.3, -0.25) is 4.79 Å². The van der Waals surface area contributed by atoms with Crippen LogP contribution in [0.5, 0.6) is 0 Å². The molecule has 0 unspecified atom stereocenters. The van der Waals surface area contributed by atoms with E-state index >= 15 is 0 Å². The van der Waals surface area contributed by atoms with Gasteiger partial charge >= 0.3 is 5.97 Å². The van der Waals surface area contributed by atoms with Crippen LogP contribution in [0.15, 0.2) is 23.1 Å². The van der Waals surface area contributed by atoms with Crippen molar-refractivity contribution in [3.63, 3.8) is 0 Å². The molecule has 1 rings (SSSR count). The molecule has 0 aliphatic rings. The summed E-state index contributed by atoms with van der Waals surface area (Å²) < 4.78 is 0. The number of hydrogen-bond acceptors (Lipinski definition) is 2. The summed E-state index contributed by atoms with van der Waals surface area (Å²) in [5.41, 5.74) is 1.48. The van der Waals surface area contributed by atoms with Crippen molar-refractivity contribution in [1.82, 2.24) is 0 Å². The summed E-state index contributed by atoms with van der Waals surface area (Å²) in [6.45, 7) is 4.00. The van der Waals surface area contributed by atoms with E-state index in [9.17, 15) is 4.79 Å². The van der Waals surface area contributed by atoms with Crippen LogP contribution in [0.4, 0.5) is 0 Å². The van der Waals surface area contributed by atoms with Gasteiger partial charge in [0.2, 0.25) is 0 Å². The Balaban J connectivity index is 0.00000106. The fourth-order valence-corrected chi connectivity index (χ4v) is 1.65. The molecule has 0 saturated heterocycles. The Bertz CT molecular complexity index is 391. The Kier molecular flexibility index (Phi) is 7.15. The monoisotopic (exact) mass is 236 g/mol. The Morgan fingerprint density at radius 1 is 1.44 bits per heavy atom. The molecular formula is C13H16O2S. The van der Waals surface area contributed by atoms with Crippen molar-refractivity contribution in [2.75, 3.05) is 6.26 Å². The van der Waals surface area contributed by atoms with E-state index in [-0.39, 0.29) is 6.42 Å². The molecular weight excluding hydrogens is 220 g/mol. The fourth-order valence-electron chi connectivity index (χ4n) is 1.14. The summed E-state index contributed by atoms with van der Waals surface area (Å²) >= 11 is 1.55. The van der Waals surface area contributed by atoms with Crippen LogP contribution < -0.4 is 0 Å². The van der Waals surface area contributed by atoms with Crippen molar-refractivity contribution >= 4 is 17.7 Å². The van der Waals surface area contributed by atoms with Gasteiger partial charge in [-0.25, -0.2) is 0 Å². The SMILES string of the molecule is C#Cc1cc(CC(=O)O)cc(SC)c1.CC. The summed E-state index contributed by atoms with van der Waals surface area (Å²) in [5.74, 6) is 1.67. The smallest absolute Gasteiger partial charge is 0.307 e. The van der Waals surface area contributed by atoms with E-state index in [1.165, 1.54) is 0 Å². The van der Waals surface area contributed by atoms with Crippen molar-refractivity contribution in [3.8, 4) is 12.3 Å². The van der Waals surface area contributed by atoms with Gasteiger partial charge in [-0.2, -0.15) is 0 Å². The molecule has 0 bridgehead atoms. The van der Waals surface area contributed by atoms with Crippen molar-refractivity contribution in [3.05, 3.63) is 29.3 Å². The number of terminal acetylenes is 1. The van der Waals surface area contributed by atoms with Gasteiger partial charge in [-0.1, -0.05) is 19.8 Å². The van der Waals surface area contributed by atoms with Crippen LogP contribution in [-0.2, 0) is 11.2 Å². The largest absolute Gasteiger partial charge is 0.481 e. The van der Waals surface area contributed by atoms with Crippen LogP contribution >= 0.6 is 11.8 Å². The van der Waals surface area contributed by atoms with Crippen molar-refractivity contribution < 1.29 is 9.90 Å². The molecule has 0 amide bonds.